The lowest BCUT2D eigenvalue weighted by molar-refractivity contribution is 0.145. The summed E-state index contributed by atoms with van der Waals surface area (Å²) < 4.78 is 40.2. The summed E-state index contributed by atoms with van der Waals surface area (Å²) in [5, 5.41) is 22.8. The van der Waals surface area contributed by atoms with E-state index < -0.39 is 22.1 Å². The molecule has 0 spiro atoms. The average molecular weight is 629 g/mol. The van der Waals surface area contributed by atoms with Crippen LogP contribution in [0.25, 0.3) is 55.7 Å². The van der Waals surface area contributed by atoms with Crippen LogP contribution < -0.4 is 10.0 Å². The van der Waals surface area contributed by atoms with Gasteiger partial charge >= 0.3 is 0 Å². The SMILES string of the molecule is CC(C)(C)CC(O)Nc1cncc(-c2cc3c(-c4cc5c(-c6cc(F)cc(CNS(C)(=O)=O)c6)nccc5[nH]4)n[nH]c3cn2)c1. The highest BCUT2D eigenvalue weighted by atomic mass is 32.2. The van der Waals surface area contributed by atoms with Crippen LogP contribution in [0.3, 0.4) is 0 Å². The molecular weight excluding hydrogens is 595 g/mol. The van der Waals surface area contributed by atoms with Gasteiger partial charge in [-0.05, 0) is 59.9 Å². The third kappa shape index (κ3) is 7.00. The first-order valence-electron chi connectivity index (χ1n) is 14.3. The molecule has 0 fully saturated rings. The maximum atomic E-state index is 14.6. The van der Waals surface area contributed by atoms with Crippen molar-refractivity contribution < 1.29 is 17.9 Å². The van der Waals surface area contributed by atoms with Crippen molar-refractivity contribution in [1.29, 1.82) is 0 Å². The topological polar surface area (TPSA) is 162 Å². The number of pyridine rings is 3. The second kappa shape index (κ2) is 11.7. The Bertz CT molecular complexity index is 2140. The number of aromatic amines is 2. The number of hydrogen-bond acceptors (Lipinski definition) is 8. The lowest BCUT2D eigenvalue weighted by Crippen LogP contribution is -2.25. The predicted molar refractivity (Wildman–Crippen MR) is 173 cm³/mol. The van der Waals surface area contributed by atoms with E-state index in [-0.39, 0.29) is 12.0 Å². The Morgan fingerprint density at radius 3 is 2.53 bits per heavy atom. The molecule has 5 heterocycles. The van der Waals surface area contributed by atoms with Crippen LogP contribution in [0.15, 0.2) is 67.3 Å². The van der Waals surface area contributed by atoms with Crippen LogP contribution in [0.4, 0.5) is 10.1 Å². The second-order valence-electron chi connectivity index (χ2n) is 12.3. The van der Waals surface area contributed by atoms with Gasteiger partial charge in [0.1, 0.15) is 17.7 Å². The maximum Gasteiger partial charge on any atom is 0.209 e. The van der Waals surface area contributed by atoms with Crippen LogP contribution in [0.2, 0.25) is 0 Å². The molecule has 1 atom stereocenters. The number of aliphatic hydroxyl groups is 1. The molecule has 0 saturated heterocycles. The molecule has 0 aliphatic rings. The molecule has 0 amide bonds. The van der Waals surface area contributed by atoms with Gasteiger partial charge in [-0.3, -0.25) is 20.1 Å². The van der Waals surface area contributed by atoms with Gasteiger partial charge < -0.3 is 15.4 Å². The fourth-order valence-corrected chi connectivity index (χ4v) is 5.71. The zero-order valence-electron chi connectivity index (χ0n) is 25.2. The van der Waals surface area contributed by atoms with Gasteiger partial charge in [-0.2, -0.15) is 5.10 Å². The van der Waals surface area contributed by atoms with Gasteiger partial charge in [0.15, 0.2) is 0 Å². The van der Waals surface area contributed by atoms with E-state index in [2.05, 4.69) is 60.9 Å². The van der Waals surface area contributed by atoms with Crippen molar-refractivity contribution in [3.63, 3.8) is 0 Å². The molecule has 1 aromatic carbocycles. The number of nitrogens with one attached hydrogen (secondary N) is 4. The van der Waals surface area contributed by atoms with E-state index in [1.165, 1.54) is 12.1 Å². The number of hydrogen-bond donors (Lipinski definition) is 5. The Kier molecular flexibility index (Phi) is 7.85. The summed E-state index contributed by atoms with van der Waals surface area (Å²) in [6, 6.07) is 12.0. The number of sulfonamides is 1. The van der Waals surface area contributed by atoms with E-state index in [9.17, 15) is 17.9 Å². The Hall–Kier alpha value is -4.72. The lowest BCUT2D eigenvalue weighted by Gasteiger charge is -2.23. The highest BCUT2D eigenvalue weighted by Crippen LogP contribution is 2.34. The number of fused-ring (bicyclic) bond motifs is 2. The largest absolute Gasteiger partial charge is 0.374 e. The highest BCUT2D eigenvalue weighted by Gasteiger charge is 2.18. The number of aromatic nitrogens is 6. The number of nitrogens with zero attached hydrogens (tertiary/aromatic N) is 4. The highest BCUT2D eigenvalue weighted by molar-refractivity contribution is 7.88. The molecule has 6 rings (SSSR count). The molecule has 0 aliphatic carbocycles. The van der Waals surface area contributed by atoms with Crippen LogP contribution in [0, 0.1) is 11.2 Å². The summed E-state index contributed by atoms with van der Waals surface area (Å²) in [5.74, 6) is -0.497. The molecule has 5 N–H and O–H groups in total. The average Bonchev–Trinajstić information content (AvgIpc) is 3.58. The van der Waals surface area contributed by atoms with Gasteiger partial charge in [0.25, 0.3) is 0 Å². The maximum absolute atomic E-state index is 14.6. The number of benzene rings is 1. The molecule has 0 radical (unpaired) electrons. The molecule has 11 nitrogen and oxygen atoms in total. The van der Waals surface area contributed by atoms with Crippen molar-refractivity contribution in [3.8, 4) is 33.9 Å². The normalized spacial score (nSPS) is 13.0. The molecule has 6 aromatic rings. The summed E-state index contributed by atoms with van der Waals surface area (Å²) in [4.78, 5) is 16.9. The molecule has 0 aliphatic heterocycles. The third-order valence-corrected chi connectivity index (χ3v) is 7.86. The molecule has 232 valence electrons. The van der Waals surface area contributed by atoms with Gasteiger partial charge in [-0.25, -0.2) is 17.5 Å². The zero-order valence-corrected chi connectivity index (χ0v) is 26.0. The molecule has 1 unspecified atom stereocenters. The Morgan fingerprint density at radius 2 is 1.76 bits per heavy atom. The van der Waals surface area contributed by atoms with E-state index in [0.29, 0.717) is 40.3 Å². The first kappa shape index (κ1) is 30.3. The van der Waals surface area contributed by atoms with Crippen molar-refractivity contribution in [2.24, 2.45) is 5.41 Å². The minimum absolute atomic E-state index is 0.0421. The quantitative estimate of drug-likeness (QED) is 0.130. The summed E-state index contributed by atoms with van der Waals surface area (Å²) >= 11 is 0. The summed E-state index contributed by atoms with van der Waals surface area (Å²) in [7, 11) is -3.45. The third-order valence-electron chi connectivity index (χ3n) is 7.19. The monoisotopic (exact) mass is 628 g/mol. The van der Waals surface area contributed by atoms with E-state index in [0.717, 1.165) is 39.3 Å². The molecule has 5 aromatic heterocycles. The fourth-order valence-electron chi connectivity index (χ4n) is 5.28. The summed E-state index contributed by atoms with van der Waals surface area (Å²) in [6.45, 7) is 6.16. The van der Waals surface area contributed by atoms with E-state index in [1.54, 1.807) is 30.9 Å². The minimum atomic E-state index is -3.45. The van der Waals surface area contributed by atoms with Crippen molar-refractivity contribution in [2.45, 2.75) is 40.0 Å². The van der Waals surface area contributed by atoms with Crippen molar-refractivity contribution in [3.05, 3.63) is 78.6 Å². The molecule has 0 saturated carbocycles. The van der Waals surface area contributed by atoms with Crippen LogP contribution in [0.1, 0.15) is 32.8 Å². The van der Waals surface area contributed by atoms with E-state index in [4.69, 9.17) is 0 Å². The fraction of sp³-hybridized carbons (Fsp3) is 0.250. The van der Waals surface area contributed by atoms with Gasteiger partial charge in [-0.1, -0.05) is 20.8 Å². The Morgan fingerprint density at radius 1 is 0.956 bits per heavy atom. The predicted octanol–water partition coefficient (Wildman–Crippen LogP) is 5.59. The first-order chi connectivity index (χ1) is 21.3. The Balaban J connectivity index is 1.34. The summed E-state index contributed by atoms with van der Waals surface area (Å²) in [6.07, 6.45) is 7.63. The van der Waals surface area contributed by atoms with Crippen molar-refractivity contribution in [2.75, 3.05) is 11.6 Å². The van der Waals surface area contributed by atoms with Crippen LogP contribution in [0.5, 0.6) is 0 Å². The number of H-pyrrole nitrogens is 2. The van der Waals surface area contributed by atoms with Crippen LogP contribution in [-0.4, -0.2) is 56.1 Å². The minimum Gasteiger partial charge on any atom is -0.374 e. The van der Waals surface area contributed by atoms with Gasteiger partial charge in [0.2, 0.25) is 10.0 Å². The first-order valence-corrected chi connectivity index (χ1v) is 16.2. The summed E-state index contributed by atoms with van der Waals surface area (Å²) in [5.41, 5.74) is 6.52. The number of halogens is 1. The number of rotatable bonds is 9. The van der Waals surface area contributed by atoms with Crippen LogP contribution >= 0.6 is 0 Å². The van der Waals surface area contributed by atoms with Gasteiger partial charge in [0.05, 0.1) is 46.9 Å². The van der Waals surface area contributed by atoms with E-state index in [1.807, 2.05) is 24.3 Å². The smallest absolute Gasteiger partial charge is 0.209 e. The zero-order chi connectivity index (χ0) is 31.9. The molecule has 45 heavy (non-hydrogen) atoms. The second-order valence-corrected chi connectivity index (χ2v) is 14.2. The number of anilines is 1. The van der Waals surface area contributed by atoms with Gasteiger partial charge in [0, 0.05) is 46.4 Å². The van der Waals surface area contributed by atoms with Crippen molar-refractivity contribution >= 4 is 37.5 Å². The van der Waals surface area contributed by atoms with E-state index >= 15 is 0 Å². The van der Waals surface area contributed by atoms with Crippen LogP contribution in [-0.2, 0) is 16.6 Å². The Labute approximate surface area is 259 Å². The standard InChI is InChI=1S/C32H33FN8O3S/c1-32(2,3)13-29(42)38-22-10-20(15-34-16-22)26-11-24-28(17-36-26)40-41-31(24)27-12-23-25(39-27)5-6-35-30(23)19-7-18(8-21(33)9-19)14-37-45(4,43)44/h5-12,15-17,29,37-39,42H,13-14H2,1-4H3,(H,40,41). The molecule has 13 heteroatoms. The number of aliphatic hydroxyl groups excluding tert-OH is 1. The molecule has 0 bridgehead atoms. The van der Waals surface area contributed by atoms with Gasteiger partial charge in [-0.15, -0.1) is 0 Å². The lowest BCUT2D eigenvalue weighted by atomic mass is 9.91. The van der Waals surface area contributed by atoms with Crippen molar-refractivity contribution in [1.82, 2.24) is 34.9 Å². The molecular formula is C32H33FN8O3S.